The van der Waals surface area contributed by atoms with Gasteiger partial charge in [-0.15, -0.1) is 0 Å². The summed E-state index contributed by atoms with van der Waals surface area (Å²) in [4.78, 5) is 13.7. The Morgan fingerprint density at radius 2 is 2.11 bits per heavy atom. The lowest BCUT2D eigenvalue weighted by Gasteiger charge is -2.20. The lowest BCUT2D eigenvalue weighted by Crippen LogP contribution is -2.30. The van der Waals surface area contributed by atoms with Gasteiger partial charge in [0.2, 0.25) is 5.91 Å². The van der Waals surface area contributed by atoms with Gasteiger partial charge in [-0.1, -0.05) is 29.8 Å². The van der Waals surface area contributed by atoms with Crippen molar-refractivity contribution in [3.63, 3.8) is 0 Å². The summed E-state index contributed by atoms with van der Waals surface area (Å²) in [6.07, 6.45) is 0.540. The first-order valence-corrected chi connectivity index (χ1v) is 6.70. The predicted octanol–water partition coefficient (Wildman–Crippen LogP) is 1.49. The molecule has 1 aliphatic heterocycles. The molecule has 0 saturated carbocycles. The Balaban J connectivity index is 1.99. The Morgan fingerprint density at radius 1 is 1.42 bits per heavy atom. The third-order valence-corrected chi connectivity index (χ3v) is 3.78. The highest BCUT2D eigenvalue weighted by atomic mass is 16.5. The number of carbonyl (C=O) groups is 1. The van der Waals surface area contributed by atoms with Crippen LogP contribution in [-0.2, 0) is 9.53 Å². The van der Waals surface area contributed by atoms with Crippen molar-refractivity contribution in [1.29, 1.82) is 0 Å². The van der Waals surface area contributed by atoms with Gasteiger partial charge in [-0.25, -0.2) is 0 Å². The number of benzene rings is 1. The molecule has 0 bridgehead atoms. The summed E-state index contributed by atoms with van der Waals surface area (Å²) in [7, 11) is 1.65. The fraction of sp³-hybridized carbons (Fsp3) is 0.533. The molecule has 104 valence electrons. The molecule has 2 atom stereocenters. The van der Waals surface area contributed by atoms with Gasteiger partial charge in [-0.05, 0) is 12.5 Å². The summed E-state index contributed by atoms with van der Waals surface area (Å²) in [6, 6.07) is 8.17. The Labute approximate surface area is 114 Å². The number of likely N-dealkylation sites (tertiary alicyclic amines) is 1. The molecule has 1 saturated heterocycles. The molecule has 0 radical (unpaired) electrons. The normalized spacial score (nSPS) is 20.9. The lowest BCUT2D eigenvalue weighted by atomic mass is 9.92. The zero-order chi connectivity index (χ0) is 13.8. The van der Waals surface area contributed by atoms with Crippen LogP contribution < -0.4 is 5.73 Å². The SMILES string of the molecule is COCCN1CC(C(N)c2ccc(C)cc2)CC1=O. The Kier molecular flexibility index (Phi) is 4.56. The zero-order valence-electron chi connectivity index (χ0n) is 11.6. The van der Waals surface area contributed by atoms with Crippen LogP contribution in [0.4, 0.5) is 0 Å². The third-order valence-electron chi connectivity index (χ3n) is 3.78. The maximum Gasteiger partial charge on any atom is 0.223 e. The quantitative estimate of drug-likeness (QED) is 0.874. The molecular formula is C15H22N2O2. The van der Waals surface area contributed by atoms with Crippen LogP contribution >= 0.6 is 0 Å². The second kappa shape index (κ2) is 6.17. The Morgan fingerprint density at radius 3 is 2.74 bits per heavy atom. The molecule has 2 N–H and O–H groups in total. The zero-order valence-corrected chi connectivity index (χ0v) is 11.6. The van der Waals surface area contributed by atoms with Crippen molar-refractivity contribution in [1.82, 2.24) is 4.90 Å². The van der Waals surface area contributed by atoms with Crippen molar-refractivity contribution in [3.8, 4) is 0 Å². The number of ether oxygens (including phenoxy) is 1. The van der Waals surface area contributed by atoms with Crippen LogP contribution in [-0.4, -0.2) is 37.6 Å². The van der Waals surface area contributed by atoms with Gasteiger partial charge in [0.1, 0.15) is 0 Å². The monoisotopic (exact) mass is 262 g/mol. The molecule has 0 aliphatic carbocycles. The van der Waals surface area contributed by atoms with Crippen molar-refractivity contribution >= 4 is 5.91 Å². The van der Waals surface area contributed by atoms with Crippen LogP contribution in [0.5, 0.6) is 0 Å². The molecule has 1 fully saturated rings. The fourth-order valence-electron chi connectivity index (χ4n) is 2.52. The first-order chi connectivity index (χ1) is 9.11. The van der Waals surface area contributed by atoms with E-state index in [2.05, 4.69) is 31.2 Å². The summed E-state index contributed by atoms with van der Waals surface area (Å²) in [5.74, 6) is 0.386. The number of carbonyl (C=O) groups excluding carboxylic acids is 1. The molecule has 4 nitrogen and oxygen atoms in total. The number of hydrogen-bond donors (Lipinski definition) is 1. The molecule has 19 heavy (non-hydrogen) atoms. The second-order valence-corrected chi connectivity index (χ2v) is 5.23. The molecule has 1 heterocycles. The summed E-state index contributed by atoms with van der Waals surface area (Å²) in [5, 5.41) is 0. The summed E-state index contributed by atoms with van der Waals surface area (Å²) in [6.45, 7) is 4.03. The molecule has 1 amide bonds. The molecule has 1 aromatic rings. The van der Waals surface area contributed by atoms with Crippen LogP contribution in [0, 0.1) is 12.8 Å². The van der Waals surface area contributed by atoms with E-state index >= 15 is 0 Å². The number of hydrogen-bond acceptors (Lipinski definition) is 3. The van der Waals surface area contributed by atoms with E-state index in [1.807, 2.05) is 4.90 Å². The van der Waals surface area contributed by atoms with Crippen molar-refractivity contribution in [2.24, 2.45) is 11.7 Å². The van der Waals surface area contributed by atoms with Crippen LogP contribution in [0.1, 0.15) is 23.6 Å². The molecule has 1 aliphatic rings. The average Bonchev–Trinajstić information content (AvgIpc) is 2.78. The van der Waals surface area contributed by atoms with E-state index in [1.54, 1.807) is 7.11 Å². The maximum atomic E-state index is 11.9. The molecule has 2 rings (SSSR count). The van der Waals surface area contributed by atoms with Crippen molar-refractivity contribution in [2.75, 3.05) is 26.8 Å². The largest absolute Gasteiger partial charge is 0.383 e. The van der Waals surface area contributed by atoms with E-state index < -0.39 is 0 Å². The van der Waals surface area contributed by atoms with Crippen LogP contribution in [0.2, 0.25) is 0 Å². The van der Waals surface area contributed by atoms with Gasteiger partial charge in [0, 0.05) is 38.6 Å². The van der Waals surface area contributed by atoms with E-state index in [0.717, 1.165) is 12.1 Å². The van der Waals surface area contributed by atoms with Gasteiger partial charge in [-0.3, -0.25) is 4.79 Å². The standard InChI is InChI=1S/C15H22N2O2/c1-11-3-5-12(6-4-11)15(16)13-9-14(18)17(10-13)7-8-19-2/h3-6,13,15H,7-10,16H2,1-2H3. The highest BCUT2D eigenvalue weighted by Gasteiger charge is 2.33. The van der Waals surface area contributed by atoms with Gasteiger partial charge in [0.15, 0.2) is 0 Å². The Bertz CT molecular complexity index is 430. The smallest absolute Gasteiger partial charge is 0.223 e. The molecule has 4 heteroatoms. The summed E-state index contributed by atoms with van der Waals surface area (Å²) >= 11 is 0. The summed E-state index contributed by atoms with van der Waals surface area (Å²) in [5.41, 5.74) is 8.62. The van der Waals surface area contributed by atoms with Crippen LogP contribution in [0.3, 0.4) is 0 Å². The number of nitrogens with two attached hydrogens (primary N) is 1. The van der Waals surface area contributed by atoms with E-state index in [0.29, 0.717) is 19.6 Å². The minimum Gasteiger partial charge on any atom is -0.383 e. The number of rotatable bonds is 5. The van der Waals surface area contributed by atoms with E-state index in [4.69, 9.17) is 10.5 Å². The minimum absolute atomic E-state index is 0.0721. The number of nitrogens with zero attached hydrogens (tertiary/aromatic N) is 1. The highest BCUT2D eigenvalue weighted by molar-refractivity contribution is 5.78. The first kappa shape index (κ1) is 14.0. The number of methoxy groups -OCH3 is 1. The van der Waals surface area contributed by atoms with Crippen LogP contribution in [0.15, 0.2) is 24.3 Å². The van der Waals surface area contributed by atoms with Crippen molar-refractivity contribution < 1.29 is 9.53 Å². The molecule has 0 aromatic heterocycles. The second-order valence-electron chi connectivity index (χ2n) is 5.23. The van der Waals surface area contributed by atoms with Crippen LogP contribution in [0.25, 0.3) is 0 Å². The molecule has 2 unspecified atom stereocenters. The van der Waals surface area contributed by atoms with E-state index in [1.165, 1.54) is 5.56 Å². The minimum atomic E-state index is -0.0721. The first-order valence-electron chi connectivity index (χ1n) is 6.70. The van der Waals surface area contributed by atoms with Crippen molar-refractivity contribution in [2.45, 2.75) is 19.4 Å². The highest BCUT2D eigenvalue weighted by Crippen LogP contribution is 2.29. The fourth-order valence-corrected chi connectivity index (χ4v) is 2.52. The third kappa shape index (κ3) is 3.33. The van der Waals surface area contributed by atoms with Gasteiger partial charge in [-0.2, -0.15) is 0 Å². The van der Waals surface area contributed by atoms with E-state index in [-0.39, 0.29) is 17.9 Å². The number of aryl methyl sites for hydroxylation is 1. The molecule has 0 spiro atoms. The van der Waals surface area contributed by atoms with Gasteiger partial charge >= 0.3 is 0 Å². The maximum absolute atomic E-state index is 11.9. The summed E-state index contributed by atoms with van der Waals surface area (Å²) < 4.78 is 5.02. The topological polar surface area (TPSA) is 55.6 Å². The van der Waals surface area contributed by atoms with Crippen molar-refractivity contribution in [3.05, 3.63) is 35.4 Å². The van der Waals surface area contributed by atoms with E-state index in [9.17, 15) is 4.79 Å². The molecule has 1 aromatic carbocycles. The van der Waals surface area contributed by atoms with Gasteiger partial charge < -0.3 is 15.4 Å². The number of amides is 1. The average molecular weight is 262 g/mol. The predicted molar refractivity (Wildman–Crippen MR) is 74.7 cm³/mol. The van der Waals surface area contributed by atoms with Gasteiger partial charge in [0.05, 0.1) is 6.61 Å². The molecular weight excluding hydrogens is 240 g/mol. The Hall–Kier alpha value is -1.39. The lowest BCUT2D eigenvalue weighted by molar-refractivity contribution is -0.128. The van der Waals surface area contributed by atoms with Gasteiger partial charge in [0.25, 0.3) is 0 Å².